The number of esters is 1. The highest BCUT2D eigenvalue weighted by Gasteiger charge is 2.36. The smallest absolute Gasteiger partial charge is 0.313 e. The molecule has 0 unspecified atom stereocenters. The van der Waals surface area contributed by atoms with E-state index in [1.54, 1.807) is 26.0 Å². The maximum absolute atomic E-state index is 11.7. The molecule has 1 atom stereocenters. The van der Waals surface area contributed by atoms with E-state index >= 15 is 0 Å². The van der Waals surface area contributed by atoms with Crippen LogP contribution in [0.2, 0.25) is 0 Å². The molecule has 0 aromatic heterocycles. The van der Waals surface area contributed by atoms with Crippen LogP contribution in [0.15, 0.2) is 12.1 Å². The van der Waals surface area contributed by atoms with Crippen molar-refractivity contribution in [3.05, 3.63) is 28.8 Å². The normalized spacial score (nSPS) is 12.5. The van der Waals surface area contributed by atoms with Crippen LogP contribution in [0, 0.1) is 19.3 Å². The molecule has 0 aliphatic heterocycles. The third-order valence-corrected chi connectivity index (χ3v) is 3.36. The summed E-state index contributed by atoms with van der Waals surface area (Å²) in [6.45, 7) is 7.12. The Bertz CT molecular complexity index is 449. The van der Waals surface area contributed by atoms with Crippen LogP contribution in [0.25, 0.3) is 0 Å². The molecule has 0 spiro atoms. The largest absolute Gasteiger partial charge is 0.507 e. The lowest BCUT2D eigenvalue weighted by Crippen LogP contribution is -2.37. The Kier molecular flexibility index (Phi) is 5.84. The maximum atomic E-state index is 11.7. The van der Waals surface area contributed by atoms with E-state index < -0.39 is 11.5 Å². The molecule has 108 valence electrons. The van der Waals surface area contributed by atoms with E-state index in [-0.39, 0.29) is 24.1 Å². The van der Waals surface area contributed by atoms with E-state index in [2.05, 4.69) is 0 Å². The number of nitrogens with two attached hydrogens (primary N) is 1. The molecule has 0 saturated carbocycles. The number of methoxy groups -OCH3 is 1. The van der Waals surface area contributed by atoms with Crippen molar-refractivity contribution in [2.24, 2.45) is 11.1 Å². The zero-order valence-corrected chi connectivity index (χ0v) is 12.8. The minimum absolute atomic E-state index is 0. The van der Waals surface area contributed by atoms with E-state index in [9.17, 15) is 9.90 Å². The Balaban J connectivity index is 0.00000324. The molecule has 5 heteroatoms. The fourth-order valence-electron chi connectivity index (χ4n) is 1.98. The van der Waals surface area contributed by atoms with Crippen molar-refractivity contribution in [2.75, 3.05) is 7.11 Å². The molecule has 1 aromatic carbocycles. The fourth-order valence-corrected chi connectivity index (χ4v) is 1.98. The van der Waals surface area contributed by atoms with Gasteiger partial charge in [-0.1, -0.05) is 12.1 Å². The average molecular weight is 288 g/mol. The predicted octanol–water partition coefficient (Wildman–Crippen LogP) is 2.63. The van der Waals surface area contributed by atoms with Gasteiger partial charge in [-0.15, -0.1) is 12.4 Å². The standard InChI is InChI=1S/C14H21NO3.ClH/c1-8-6-10(7-9(2)11(8)16)12(15)14(3,4)13(17)18-5;/h6-7,12,16H,15H2,1-5H3;1H/t12-;/m1./s1. The highest BCUT2D eigenvalue weighted by Crippen LogP contribution is 2.35. The van der Waals surface area contributed by atoms with Crippen molar-refractivity contribution in [3.63, 3.8) is 0 Å². The van der Waals surface area contributed by atoms with Gasteiger partial charge in [0.25, 0.3) is 0 Å². The number of hydrogen-bond acceptors (Lipinski definition) is 4. The summed E-state index contributed by atoms with van der Waals surface area (Å²) in [4.78, 5) is 11.7. The number of carbonyl (C=O) groups is 1. The van der Waals surface area contributed by atoms with Gasteiger partial charge in [0.1, 0.15) is 5.75 Å². The molecule has 0 heterocycles. The molecule has 0 aliphatic carbocycles. The minimum atomic E-state index is -0.815. The molecule has 0 amide bonds. The summed E-state index contributed by atoms with van der Waals surface area (Å²) in [7, 11) is 1.35. The second-order valence-corrected chi connectivity index (χ2v) is 5.19. The Labute approximate surface area is 120 Å². The van der Waals surface area contributed by atoms with E-state index in [4.69, 9.17) is 10.5 Å². The second-order valence-electron chi connectivity index (χ2n) is 5.19. The van der Waals surface area contributed by atoms with Crippen LogP contribution < -0.4 is 5.73 Å². The number of aromatic hydroxyl groups is 1. The monoisotopic (exact) mass is 287 g/mol. The summed E-state index contributed by atoms with van der Waals surface area (Å²) in [6.07, 6.45) is 0. The summed E-state index contributed by atoms with van der Waals surface area (Å²) in [6, 6.07) is 3.12. The molecule has 19 heavy (non-hydrogen) atoms. The molecule has 1 rings (SSSR count). The third kappa shape index (κ3) is 3.39. The zero-order valence-electron chi connectivity index (χ0n) is 12.0. The first-order valence-electron chi connectivity index (χ1n) is 5.86. The number of rotatable bonds is 3. The SMILES string of the molecule is COC(=O)C(C)(C)[C@H](N)c1cc(C)c(O)c(C)c1.Cl. The quantitative estimate of drug-likeness (QED) is 0.838. The van der Waals surface area contributed by atoms with Crippen molar-refractivity contribution in [1.29, 1.82) is 0 Å². The second kappa shape index (κ2) is 6.26. The summed E-state index contributed by atoms with van der Waals surface area (Å²) in [5.74, 6) is -0.0831. The fraction of sp³-hybridized carbons (Fsp3) is 0.500. The van der Waals surface area contributed by atoms with E-state index in [1.807, 2.05) is 13.8 Å². The van der Waals surface area contributed by atoms with Gasteiger partial charge in [-0.25, -0.2) is 0 Å². The lowest BCUT2D eigenvalue weighted by atomic mass is 9.80. The van der Waals surface area contributed by atoms with Gasteiger partial charge in [-0.3, -0.25) is 4.79 Å². The van der Waals surface area contributed by atoms with Crippen molar-refractivity contribution in [3.8, 4) is 5.75 Å². The Morgan fingerprint density at radius 3 is 2.11 bits per heavy atom. The van der Waals surface area contributed by atoms with Crippen LogP contribution in [0.1, 0.15) is 36.6 Å². The van der Waals surface area contributed by atoms with Crippen LogP contribution >= 0.6 is 12.4 Å². The average Bonchev–Trinajstić information content (AvgIpc) is 2.33. The van der Waals surface area contributed by atoms with Crippen LogP contribution in [0.4, 0.5) is 0 Å². The van der Waals surface area contributed by atoms with Gasteiger partial charge >= 0.3 is 5.97 Å². The number of phenolic OH excluding ortho intramolecular Hbond substituents is 1. The van der Waals surface area contributed by atoms with Gasteiger partial charge in [-0.2, -0.15) is 0 Å². The first-order chi connectivity index (χ1) is 8.21. The number of phenols is 1. The van der Waals surface area contributed by atoms with Crippen molar-refractivity contribution >= 4 is 18.4 Å². The Morgan fingerprint density at radius 1 is 1.32 bits per heavy atom. The number of carbonyl (C=O) groups excluding carboxylic acids is 1. The Morgan fingerprint density at radius 2 is 1.74 bits per heavy atom. The number of hydrogen-bond donors (Lipinski definition) is 2. The summed E-state index contributed by atoms with van der Waals surface area (Å²) >= 11 is 0. The van der Waals surface area contributed by atoms with Crippen molar-refractivity contribution in [1.82, 2.24) is 0 Å². The van der Waals surface area contributed by atoms with Crippen LogP contribution in [-0.4, -0.2) is 18.2 Å². The lowest BCUT2D eigenvalue weighted by molar-refractivity contribution is -0.152. The molecular formula is C14H22ClNO3. The first-order valence-corrected chi connectivity index (χ1v) is 5.86. The van der Waals surface area contributed by atoms with Crippen molar-refractivity contribution in [2.45, 2.75) is 33.7 Å². The molecule has 4 nitrogen and oxygen atoms in total. The Hall–Kier alpha value is -1.26. The van der Waals surface area contributed by atoms with Crippen LogP contribution in [0.5, 0.6) is 5.75 Å². The molecule has 0 aliphatic rings. The molecule has 1 aromatic rings. The van der Waals surface area contributed by atoms with Gasteiger partial charge in [-0.05, 0) is 44.4 Å². The highest BCUT2D eigenvalue weighted by atomic mass is 35.5. The molecular weight excluding hydrogens is 266 g/mol. The third-order valence-electron chi connectivity index (χ3n) is 3.36. The van der Waals surface area contributed by atoms with E-state index in [0.29, 0.717) is 0 Å². The van der Waals surface area contributed by atoms with Gasteiger partial charge in [0.05, 0.1) is 12.5 Å². The molecule has 0 saturated heterocycles. The molecule has 0 bridgehead atoms. The molecule has 0 radical (unpaired) electrons. The minimum Gasteiger partial charge on any atom is -0.507 e. The van der Waals surface area contributed by atoms with Gasteiger partial charge in [0.15, 0.2) is 0 Å². The maximum Gasteiger partial charge on any atom is 0.313 e. The first kappa shape index (κ1) is 17.7. The van der Waals surface area contributed by atoms with Gasteiger partial charge in [0, 0.05) is 6.04 Å². The summed E-state index contributed by atoms with van der Waals surface area (Å²) < 4.78 is 4.77. The van der Waals surface area contributed by atoms with Crippen molar-refractivity contribution < 1.29 is 14.6 Å². The zero-order chi connectivity index (χ0) is 14.1. The van der Waals surface area contributed by atoms with Crippen LogP contribution in [-0.2, 0) is 9.53 Å². The molecule has 3 N–H and O–H groups in total. The van der Waals surface area contributed by atoms with Gasteiger partial charge in [0.2, 0.25) is 0 Å². The van der Waals surface area contributed by atoms with Crippen LogP contribution in [0.3, 0.4) is 0 Å². The van der Waals surface area contributed by atoms with E-state index in [1.165, 1.54) is 7.11 Å². The topological polar surface area (TPSA) is 72.5 Å². The number of benzene rings is 1. The molecule has 0 fully saturated rings. The highest BCUT2D eigenvalue weighted by molar-refractivity contribution is 5.85. The summed E-state index contributed by atoms with van der Waals surface area (Å²) in [5.41, 5.74) is 7.66. The lowest BCUT2D eigenvalue weighted by Gasteiger charge is -2.29. The van der Waals surface area contributed by atoms with Gasteiger partial charge < -0.3 is 15.6 Å². The number of halogens is 1. The summed E-state index contributed by atoms with van der Waals surface area (Å²) in [5, 5.41) is 9.74. The predicted molar refractivity (Wildman–Crippen MR) is 77.6 cm³/mol. The number of aryl methyl sites for hydroxylation is 2. The van der Waals surface area contributed by atoms with E-state index in [0.717, 1.165) is 16.7 Å². The number of ether oxygens (including phenoxy) is 1.